The minimum atomic E-state index is -1.47. The third-order valence-corrected chi connectivity index (χ3v) is 4.06. The maximum atomic E-state index is 10.1. The molecule has 1 heterocycles. The minimum Gasteiger partial charge on any atom is -0.461 e. The summed E-state index contributed by atoms with van der Waals surface area (Å²) in [5.74, 6) is 0.466. The molecule has 6 nitrogen and oxygen atoms in total. The molecule has 1 fully saturated rings. The summed E-state index contributed by atoms with van der Waals surface area (Å²) in [4.78, 5) is 0. The van der Waals surface area contributed by atoms with Crippen molar-refractivity contribution in [3.63, 3.8) is 0 Å². The minimum absolute atomic E-state index is 0.466. The van der Waals surface area contributed by atoms with Gasteiger partial charge in [-0.15, -0.1) is 0 Å². The molecule has 2 aromatic rings. The SMILES string of the molecule is OC[C@H]1O[C@@H](Oc2ccccc2-c2ccccc2)[C@H](O)[C@@H](O)[C@H]1O. The van der Waals surface area contributed by atoms with Crippen LogP contribution in [-0.4, -0.2) is 57.7 Å². The van der Waals surface area contributed by atoms with Gasteiger partial charge >= 0.3 is 0 Å². The molecular formula is C18H20O6. The number of aliphatic hydroxyl groups is 4. The van der Waals surface area contributed by atoms with Crippen LogP contribution in [-0.2, 0) is 4.74 Å². The highest BCUT2D eigenvalue weighted by atomic mass is 16.7. The molecule has 4 N–H and O–H groups in total. The number of rotatable bonds is 4. The zero-order chi connectivity index (χ0) is 17.1. The van der Waals surface area contributed by atoms with Crippen LogP contribution < -0.4 is 4.74 Å². The number of benzene rings is 2. The molecule has 2 aromatic carbocycles. The average molecular weight is 332 g/mol. The first-order valence-corrected chi connectivity index (χ1v) is 7.73. The standard InChI is InChI=1S/C18H20O6/c19-10-14-15(20)16(21)17(22)18(24-14)23-13-9-5-4-8-12(13)11-6-2-1-3-7-11/h1-9,14-22H,10H2/t14-,15+,16+,17-,18-/m1/s1. The summed E-state index contributed by atoms with van der Waals surface area (Å²) in [5.41, 5.74) is 1.73. The summed E-state index contributed by atoms with van der Waals surface area (Å²) in [5, 5.41) is 39.0. The highest BCUT2D eigenvalue weighted by Crippen LogP contribution is 2.32. The van der Waals surface area contributed by atoms with Gasteiger partial charge in [0.1, 0.15) is 30.2 Å². The van der Waals surface area contributed by atoms with Crippen LogP contribution in [0.25, 0.3) is 11.1 Å². The fraction of sp³-hybridized carbons (Fsp3) is 0.333. The molecule has 0 aliphatic carbocycles. The third kappa shape index (κ3) is 3.28. The lowest BCUT2D eigenvalue weighted by molar-refractivity contribution is -0.277. The quantitative estimate of drug-likeness (QED) is 0.652. The molecule has 0 bridgehead atoms. The number of ether oxygens (including phenoxy) is 2. The molecule has 3 rings (SSSR count). The van der Waals surface area contributed by atoms with E-state index in [1.807, 2.05) is 42.5 Å². The Hall–Kier alpha value is -1.96. The molecule has 0 spiro atoms. The summed E-state index contributed by atoms with van der Waals surface area (Å²) in [6.07, 6.45) is -6.52. The van der Waals surface area contributed by atoms with Crippen LogP contribution in [0.4, 0.5) is 0 Å². The molecule has 24 heavy (non-hydrogen) atoms. The van der Waals surface area contributed by atoms with Gasteiger partial charge in [-0.1, -0.05) is 48.5 Å². The molecule has 1 aliphatic heterocycles. The van der Waals surface area contributed by atoms with E-state index in [2.05, 4.69) is 0 Å². The fourth-order valence-electron chi connectivity index (χ4n) is 2.72. The van der Waals surface area contributed by atoms with Crippen LogP contribution in [0, 0.1) is 0 Å². The molecule has 128 valence electrons. The first kappa shape index (κ1) is 16.9. The summed E-state index contributed by atoms with van der Waals surface area (Å²) < 4.78 is 11.1. The Balaban J connectivity index is 1.86. The zero-order valence-electron chi connectivity index (χ0n) is 12.9. The van der Waals surface area contributed by atoms with Gasteiger partial charge in [0.05, 0.1) is 6.61 Å². The van der Waals surface area contributed by atoms with E-state index in [-0.39, 0.29) is 0 Å². The van der Waals surface area contributed by atoms with Crippen molar-refractivity contribution in [3.8, 4) is 16.9 Å². The van der Waals surface area contributed by atoms with Crippen molar-refractivity contribution >= 4 is 0 Å². The Labute approximate surface area is 139 Å². The predicted octanol–water partition coefficient (Wildman–Crippen LogP) is 0.532. The second kappa shape index (κ2) is 7.29. The van der Waals surface area contributed by atoms with Gasteiger partial charge in [-0.2, -0.15) is 0 Å². The van der Waals surface area contributed by atoms with Gasteiger partial charge in [0.15, 0.2) is 0 Å². The molecule has 0 amide bonds. The Bertz CT molecular complexity index is 660. The van der Waals surface area contributed by atoms with E-state index in [0.717, 1.165) is 11.1 Å². The third-order valence-electron chi connectivity index (χ3n) is 4.06. The molecule has 1 saturated heterocycles. The smallest absolute Gasteiger partial charge is 0.229 e. The largest absolute Gasteiger partial charge is 0.461 e. The maximum absolute atomic E-state index is 10.1. The van der Waals surface area contributed by atoms with Crippen LogP contribution in [0.5, 0.6) is 5.75 Å². The van der Waals surface area contributed by atoms with E-state index in [0.29, 0.717) is 5.75 Å². The van der Waals surface area contributed by atoms with Gasteiger partial charge in [0, 0.05) is 5.56 Å². The fourth-order valence-corrected chi connectivity index (χ4v) is 2.72. The highest BCUT2D eigenvalue weighted by Gasteiger charge is 2.44. The van der Waals surface area contributed by atoms with Crippen molar-refractivity contribution in [2.24, 2.45) is 0 Å². The molecule has 0 radical (unpaired) electrons. The first-order valence-electron chi connectivity index (χ1n) is 7.73. The van der Waals surface area contributed by atoms with Gasteiger partial charge in [-0.25, -0.2) is 0 Å². The van der Waals surface area contributed by atoms with Gasteiger partial charge in [0.2, 0.25) is 6.29 Å². The Morgan fingerprint density at radius 3 is 2.21 bits per heavy atom. The molecule has 0 saturated carbocycles. The van der Waals surface area contributed by atoms with Crippen LogP contribution in [0.1, 0.15) is 0 Å². The zero-order valence-corrected chi connectivity index (χ0v) is 12.9. The number of hydrogen-bond acceptors (Lipinski definition) is 6. The van der Waals surface area contributed by atoms with Crippen molar-refractivity contribution in [1.82, 2.24) is 0 Å². The molecule has 6 heteroatoms. The topological polar surface area (TPSA) is 99.4 Å². The van der Waals surface area contributed by atoms with Gasteiger partial charge in [0.25, 0.3) is 0 Å². The molecular weight excluding hydrogens is 312 g/mol. The maximum Gasteiger partial charge on any atom is 0.229 e. The molecule has 5 atom stereocenters. The van der Waals surface area contributed by atoms with Crippen LogP contribution in [0.15, 0.2) is 54.6 Å². The van der Waals surface area contributed by atoms with E-state index >= 15 is 0 Å². The summed E-state index contributed by atoms with van der Waals surface area (Å²) in [6, 6.07) is 16.8. The normalized spacial score (nSPS) is 30.1. The number of aliphatic hydroxyl groups excluding tert-OH is 4. The van der Waals surface area contributed by atoms with E-state index in [1.165, 1.54) is 0 Å². The lowest BCUT2D eigenvalue weighted by Gasteiger charge is -2.39. The Kier molecular flexibility index (Phi) is 5.13. The lowest BCUT2D eigenvalue weighted by atomic mass is 9.99. The van der Waals surface area contributed by atoms with Gasteiger partial charge < -0.3 is 29.9 Å². The highest BCUT2D eigenvalue weighted by molar-refractivity contribution is 5.70. The van der Waals surface area contributed by atoms with Gasteiger partial charge in [-0.3, -0.25) is 0 Å². The van der Waals surface area contributed by atoms with E-state index in [1.54, 1.807) is 12.1 Å². The Morgan fingerprint density at radius 1 is 0.833 bits per heavy atom. The monoisotopic (exact) mass is 332 g/mol. The predicted molar refractivity (Wildman–Crippen MR) is 86.3 cm³/mol. The average Bonchev–Trinajstić information content (AvgIpc) is 2.63. The number of hydrogen-bond donors (Lipinski definition) is 4. The van der Waals surface area contributed by atoms with Crippen molar-refractivity contribution in [3.05, 3.63) is 54.6 Å². The molecule has 0 unspecified atom stereocenters. The van der Waals surface area contributed by atoms with E-state index in [9.17, 15) is 20.4 Å². The van der Waals surface area contributed by atoms with Crippen molar-refractivity contribution in [1.29, 1.82) is 0 Å². The number of para-hydroxylation sites is 1. The van der Waals surface area contributed by atoms with Crippen LogP contribution in [0.3, 0.4) is 0 Å². The van der Waals surface area contributed by atoms with E-state index in [4.69, 9.17) is 9.47 Å². The van der Waals surface area contributed by atoms with Crippen molar-refractivity contribution < 1.29 is 29.9 Å². The van der Waals surface area contributed by atoms with Crippen molar-refractivity contribution in [2.75, 3.05) is 6.61 Å². The van der Waals surface area contributed by atoms with Crippen molar-refractivity contribution in [2.45, 2.75) is 30.7 Å². The van der Waals surface area contributed by atoms with Crippen LogP contribution in [0.2, 0.25) is 0 Å². The summed E-state index contributed by atoms with van der Waals surface area (Å²) >= 11 is 0. The lowest BCUT2D eigenvalue weighted by Crippen LogP contribution is -2.60. The molecule has 1 aliphatic rings. The van der Waals surface area contributed by atoms with E-state index < -0.39 is 37.3 Å². The van der Waals surface area contributed by atoms with Gasteiger partial charge in [-0.05, 0) is 11.6 Å². The summed E-state index contributed by atoms with van der Waals surface area (Å²) in [7, 11) is 0. The molecule has 0 aromatic heterocycles. The van der Waals surface area contributed by atoms with Crippen LogP contribution >= 0.6 is 0 Å². The first-order chi connectivity index (χ1) is 11.6. The summed E-state index contributed by atoms with van der Waals surface area (Å²) in [6.45, 7) is -0.495. The Morgan fingerprint density at radius 2 is 1.50 bits per heavy atom. The second-order valence-corrected chi connectivity index (χ2v) is 5.68. The second-order valence-electron chi connectivity index (χ2n) is 5.68.